The molecule has 0 radical (unpaired) electrons. The third-order valence-corrected chi connectivity index (χ3v) is 4.92. The topological polar surface area (TPSA) is 83.9 Å². The first kappa shape index (κ1) is 17.4. The minimum atomic E-state index is -3.83. The molecule has 0 amide bonds. The summed E-state index contributed by atoms with van der Waals surface area (Å²) in [5, 5.41) is 9.01. The number of nitrogens with zero attached hydrogens (tertiary/aromatic N) is 1. The monoisotopic (exact) mass is 313 g/mol. The second kappa shape index (κ2) is 7.35. The number of aliphatic hydroxyl groups excluding tert-OH is 1. The molecule has 0 aliphatic carbocycles. The molecule has 0 heterocycles. The average molecular weight is 313 g/mol. The van der Waals surface area contributed by atoms with Gasteiger partial charge in [0.25, 0.3) is 0 Å². The van der Waals surface area contributed by atoms with Crippen molar-refractivity contribution in [1.82, 2.24) is 4.31 Å². The molecule has 21 heavy (non-hydrogen) atoms. The molecule has 6 nitrogen and oxygen atoms in total. The van der Waals surface area contributed by atoms with Crippen LogP contribution in [0.15, 0.2) is 35.7 Å². The highest BCUT2D eigenvalue weighted by molar-refractivity contribution is 7.89. The molecule has 0 aliphatic rings. The second-order valence-electron chi connectivity index (χ2n) is 4.35. The molecule has 0 saturated carbocycles. The minimum Gasteiger partial charge on any atom is -0.465 e. The highest BCUT2D eigenvalue weighted by Crippen LogP contribution is 2.21. The molecular weight excluding hydrogens is 294 g/mol. The molecule has 0 spiro atoms. The lowest BCUT2D eigenvalue weighted by atomic mass is 10.1. The van der Waals surface area contributed by atoms with Crippen molar-refractivity contribution in [2.75, 3.05) is 26.8 Å². The Bertz CT molecular complexity index is 624. The summed E-state index contributed by atoms with van der Waals surface area (Å²) in [5.74, 6) is -0.608. The number of methoxy groups -OCH3 is 1. The Morgan fingerprint density at radius 2 is 2.14 bits per heavy atom. The maximum Gasteiger partial charge on any atom is 0.337 e. The first-order valence-electron chi connectivity index (χ1n) is 6.29. The average Bonchev–Trinajstić information content (AvgIpc) is 2.46. The molecule has 1 aromatic carbocycles. The molecule has 0 saturated heterocycles. The van der Waals surface area contributed by atoms with Gasteiger partial charge in [0.1, 0.15) is 0 Å². The Hall–Kier alpha value is -1.70. The maximum atomic E-state index is 12.6. The number of sulfonamides is 1. The van der Waals surface area contributed by atoms with Crippen molar-refractivity contribution in [3.63, 3.8) is 0 Å². The van der Waals surface area contributed by atoms with Crippen LogP contribution in [0.2, 0.25) is 0 Å². The van der Waals surface area contributed by atoms with E-state index in [4.69, 9.17) is 5.11 Å². The first-order chi connectivity index (χ1) is 9.88. The summed E-state index contributed by atoms with van der Waals surface area (Å²) in [7, 11) is -2.60. The first-order valence-corrected chi connectivity index (χ1v) is 7.73. The van der Waals surface area contributed by atoms with E-state index < -0.39 is 16.0 Å². The molecule has 116 valence electrons. The number of ether oxygens (including phenoxy) is 1. The van der Waals surface area contributed by atoms with Crippen LogP contribution in [0.25, 0.3) is 0 Å². The van der Waals surface area contributed by atoms with Crippen molar-refractivity contribution >= 4 is 16.0 Å². The van der Waals surface area contributed by atoms with Gasteiger partial charge in [0.05, 0.1) is 24.2 Å². The lowest BCUT2D eigenvalue weighted by molar-refractivity contribution is 0.0600. The predicted molar refractivity (Wildman–Crippen MR) is 78.6 cm³/mol. The zero-order chi connectivity index (χ0) is 16.0. The largest absolute Gasteiger partial charge is 0.465 e. The van der Waals surface area contributed by atoms with Gasteiger partial charge < -0.3 is 9.84 Å². The van der Waals surface area contributed by atoms with Crippen LogP contribution in [-0.4, -0.2) is 50.6 Å². The minimum absolute atomic E-state index is 0.0145. The number of esters is 1. The normalized spacial score (nSPS) is 11.4. The van der Waals surface area contributed by atoms with Crippen molar-refractivity contribution < 1.29 is 23.1 Å². The zero-order valence-corrected chi connectivity index (χ0v) is 12.9. The van der Waals surface area contributed by atoms with Gasteiger partial charge in [0, 0.05) is 13.1 Å². The van der Waals surface area contributed by atoms with Crippen molar-refractivity contribution in [3.8, 4) is 0 Å². The maximum absolute atomic E-state index is 12.6. The van der Waals surface area contributed by atoms with Crippen molar-refractivity contribution in [3.05, 3.63) is 42.0 Å². The van der Waals surface area contributed by atoms with Crippen LogP contribution in [0, 0.1) is 6.92 Å². The molecule has 1 aromatic rings. The van der Waals surface area contributed by atoms with Crippen LogP contribution < -0.4 is 0 Å². The smallest absolute Gasteiger partial charge is 0.337 e. The molecule has 1 N–H and O–H groups in total. The Labute approximate surface area is 124 Å². The molecule has 0 bridgehead atoms. The van der Waals surface area contributed by atoms with E-state index in [0.717, 1.165) is 4.31 Å². The van der Waals surface area contributed by atoms with Crippen molar-refractivity contribution in [1.29, 1.82) is 0 Å². The summed E-state index contributed by atoms with van der Waals surface area (Å²) < 4.78 is 30.9. The van der Waals surface area contributed by atoms with Crippen LogP contribution in [0.1, 0.15) is 15.9 Å². The number of rotatable bonds is 7. The molecular formula is C14H19NO5S. The number of hydrogen-bond donors (Lipinski definition) is 1. The van der Waals surface area contributed by atoms with Gasteiger partial charge in [-0.3, -0.25) is 0 Å². The SMILES string of the molecule is C=CCN(CCO)S(=O)(=O)c1cc(C(=O)OC)ccc1C. The molecule has 7 heteroatoms. The van der Waals surface area contributed by atoms with E-state index in [9.17, 15) is 13.2 Å². The standard InChI is InChI=1S/C14H19NO5S/c1-4-7-15(8-9-16)21(18,19)13-10-12(14(17)20-3)6-5-11(13)2/h4-6,10,16H,1,7-9H2,2-3H3. The number of benzene rings is 1. The summed E-state index contributed by atoms with van der Waals surface area (Å²) in [6.07, 6.45) is 1.44. The molecule has 0 fully saturated rings. The van der Waals surface area contributed by atoms with Crippen molar-refractivity contribution in [2.24, 2.45) is 0 Å². The van der Waals surface area contributed by atoms with Gasteiger partial charge in [-0.05, 0) is 24.6 Å². The van der Waals surface area contributed by atoms with E-state index in [1.807, 2.05) is 0 Å². The van der Waals surface area contributed by atoms with Crippen LogP contribution in [0.3, 0.4) is 0 Å². The van der Waals surface area contributed by atoms with E-state index in [1.165, 1.54) is 25.3 Å². The molecule has 0 aliphatic heterocycles. The lowest BCUT2D eigenvalue weighted by Crippen LogP contribution is -2.34. The Kier molecular flexibility index (Phi) is 6.07. The molecule has 0 unspecified atom stereocenters. The Balaban J connectivity index is 3.34. The Morgan fingerprint density at radius 1 is 1.48 bits per heavy atom. The van der Waals surface area contributed by atoms with Gasteiger partial charge >= 0.3 is 5.97 Å². The van der Waals surface area contributed by atoms with Crippen LogP contribution in [-0.2, 0) is 14.8 Å². The van der Waals surface area contributed by atoms with Gasteiger partial charge in [-0.25, -0.2) is 13.2 Å². The fraction of sp³-hybridized carbons (Fsp3) is 0.357. The third kappa shape index (κ3) is 3.90. The quantitative estimate of drug-likeness (QED) is 0.598. The Morgan fingerprint density at radius 3 is 2.67 bits per heavy atom. The van der Waals surface area contributed by atoms with E-state index >= 15 is 0 Å². The van der Waals surface area contributed by atoms with E-state index in [-0.39, 0.29) is 30.2 Å². The van der Waals surface area contributed by atoms with Gasteiger partial charge in [0.15, 0.2) is 0 Å². The van der Waals surface area contributed by atoms with Crippen LogP contribution >= 0.6 is 0 Å². The van der Waals surface area contributed by atoms with E-state index in [0.29, 0.717) is 5.56 Å². The van der Waals surface area contributed by atoms with Gasteiger partial charge in [-0.15, -0.1) is 6.58 Å². The predicted octanol–water partition coefficient (Wildman–Crippen LogP) is 0.951. The number of aliphatic hydroxyl groups is 1. The number of carbonyl (C=O) groups excluding carboxylic acids is 1. The van der Waals surface area contributed by atoms with Crippen molar-refractivity contribution in [2.45, 2.75) is 11.8 Å². The molecule has 1 rings (SSSR count). The lowest BCUT2D eigenvalue weighted by Gasteiger charge is -2.21. The summed E-state index contributed by atoms with van der Waals surface area (Å²) >= 11 is 0. The zero-order valence-electron chi connectivity index (χ0n) is 12.1. The summed E-state index contributed by atoms with van der Waals surface area (Å²) in [5.41, 5.74) is 0.666. The fourth-order valence-electron chi connectivity index (χ4n) is 1.83. The molecule has 0 aromatic heterocycles. The summed E-state index contributed by atoms with van der Waals surface area (Å²) in [6.45, 7) is 4.87. The fourth-order valence-corrected chi connectivity index (χ4v) is 3.48. The highest BCUT2D eigenvalue weighted by atomic mass is 32.2. The summed E-state index contributed by atoms with van der Waals surface area (Å²) in [4.78, 5) is 11.6. The molecule has 0 atom stereocenters. The van der Waals surface area contributed by atoms with Crippen LogP contribution in [0.4, 0.5) is 0 Å². The highest BCUT2D eigenvalue weighted by Gasteiger charge is 2.26. The number of carbonyl (C=O) groups is 1. The van der Waals surface area contributed by atoms with E-state index in [1.54, 1.807) is 13.0 Å². The van der Waals surface area contributed by atoms with Gasteiger partial charge in [-0.2, -0.15) is 4.31 Å². The van der Waals surface area contributed by atoms with Gasteiger partial charge in [0.2, 0.25) is 10.0 Å². The van der Waals surface area contributed by atoms with E-state index in [2.05, 4.69) is 11.3 Å². The van der Waals surface area contributed by atoms with Crippen LogP contribution in [0.5, 0.6) is 0 Å². The third-order valence-electron chi connectivity index (χ3n) is 2.91. The number of aryl methyl sites for hydroxylation is 1. The second-order valence-corrected chi connectivity index (χ2v) is 6.25. The number of hydrogen-bond acceptors (Lipinski definition) is 5. The van der Waals surface area contributed by atoms with Gasteiger partial charge in [-0.1, -0.05) is 12.1 Å². The summed E-state index contributed by atoms with van der Waals surface area (Å²) in [6, 6.07) is 4.33.